The highest BCUT2D eigenvalue weighted by Crippen LogP contribution is 2.10. The second-order valence-corrected chi connectivity index (χ2v) is 2.82. The van der Waals surface area contributed by atoms with Crippen molar-refractivity contribution in [3.8, 4) is 0 Å². The van der Waals surface area contributed by atoms with Crippen molar-refractivity contribution >= 4 is 0 Å². The van der Waals surface area contributed by atoms with E-state index in [0.717, 1.165) is 6.42 Å². The lowest BCUT2D eigenvalue weighted by Crippen LogP contribution is -1.97. The highest BCUT2D eigenvalue weighted by atomic mass is 14.5. The summed E-state index contributed by atoms with van der Waals surface area (Å²) in [5.41, 5.74) is 9.53. The van der Waals surface area contributed by atoms with Crippen LogP contribution in [-0.2, 0) is 13.0 Å². The van der Waals surface area contributed by atoms with Gasteiger partial charge in [0.2, 0.25) is 0 Å². The van der Waals surface area contributed by atoms with Gasteiger partial charge >= 0.3 is 0 Å². The molecule has 11 heavy (non-hydrogen) atoms. The maximum absolute atomic E-state index is 5.52. The average molecular weight is 149 g/mol. The van der Waals surface area contributed by atoms with Crippen LogP contribution in [0.5, 0.6) is 0 Å². The summed E-state index contributed by atoms with van der Waals surface area (Å²) in [5.74, 6) is 0. The Kier molecular flexibility index (Phi) is 2.66. The predicted octanol–water partition coefficient (Wildman–Crippen LogP) is 2.02. The highest BCUT2D eigenvalue weighted by molar-refractivity contribution is 5.30. The third-order valence-electron chi connectivity index (χ3n) is 2.03. The maximum atomic E-state index is 5.52. The van der Waals surface area contributed by atoms with Crippen LogP contribution in [0.2, 0.25) is 0 Å². The summed E-state index contributed by atoms with van der Waals surface area (Å²) in [7, 11) is 0. The lowest BCUT2D eigenvalue weighted by atomic mass is 10.0. The molecule has 0 aliphatic rings. The van der Waals surface area contributed by atoms with Gasteiger partial charge in [-0.1, -0.05) is 25.1 Å². The summed E-state index contributed by atoms with van der Waals surface area (Å²) in [6.45, 7) is 4.95. The second kappa shape index (κ2) is 3.54. The van der Waals surface area contributed by atoms with E-state index in [-0.39, 0.29) is 0 Å². The van der Waals surface area contributed by atoms with Crippen molar-refractivity contribution < 1.29 is 0 Å². The van der Waals surface area contributed by atoms with E-state index in [0.29, 0.717) is 6.54 Å². The molecule has 1 rings (SSSR count). The molecule has 2 N–H and O–H groups in total. The monoisotopic (exact) mass is 149 g/mol. The van der Waals surface area contributed by atoms with Crippen molar-refractivity contribution in [1.82, 2.24) is 0 Å². The number of hydrogen-bond acceptors (Lipinski definition) is 1. The Balaban J connectivity index is 3.02. The van der Waals surface area contributed by atoms with Gasteiger partial charge in [0.25, 0.3) is 0 Å². The normalized spacial score (nSPS) is 10.1. The molecule has 0 heterocycles. The fourth-order valence-corrected chi connectivity index (χ4v) is 1.23. The third-order valence-corrected chi connectivity index (χ3v) is 2.03. The van der Waals surface area contributed by atoms with Gasteiger partial charge in [-0.2, -0.15) is 0 Å². The van der Waals surface area contributed by atoms with E-state index in [1.54, 1.807) is 0 Å². The highest BCUT2D eigenvalue weighted by Gasteiger charge is 1.95. The first kappa shape index (κ1) is 8.28. The van der Waals surface area contributed by atoms with Crippen molar-refractivity contribution in [1.29, 1.82) is 0 Å². The van der Waals surface area contributed by atoms with Gasteiger partial charge in [-0.15, -0.1) is 0 Å². The van der Waals surface area contributed by atoms with Crippen LogP contribution >= 0.6 is 0 Å². The number of rotatable bonds is 2. The zero-order valence-electron chi connectivity index (χ0n) is 7.22. The van der Waals surface area contributed by atoms with E-state index in [4.69, 9.17) is 5.73 Å². The van der Waals surface area contributed by atoms with Crippen molar-refractivity contribution in [3.05, 3.63) is 34.9 Å². The lowest BCUT2D eigenvalue weighted by Gasteiger charge is -2.04. The summed E-state index contributed by atoms with van der Waals surface area (Å²) >= 11 is 0. The minimum atomic E-state index is 0.646. The Hall–Kier alpha value is -0.820. The van der Waals surface area contributed by atoms with Crippen LogP contribution in [-0.4, -0.2) is 0 Å². The minimum absolute atomic E-state index is 0.646. The van der Waals surface area contributed by atoms with Crippen molar-refractivity contribution in [2.45, 2.75) is 26.8 Å². The fraction of sp³-hybridized carbons (Fsp3) is 0.400. The van der Waals surface area contributed by atoms with Gasteiger partial charge in [-0.3, -0.25) is 0 Å². The smallest absolute Gasteiger partial charge is 0.0178 e. The molecule has 1 aromatic rings. The van der Waals surface area contributed by atoms with Crippen LogP contribution in [0.25, 0.3) is 0 Å². The zero-order chi connectivity index (χ0) is 8.27. The summed E-state index contributed by atoms with van der Waals surface area (Å²) < 4.78 is 0. The van der Waals surface area contributed by atoms with Crippen molar-refractivity contribution in [2.75, 3.05) is 0 Å². The molecule has 0 atom stereocenters. The number of aryl methyl sites for hydroxylation is 2. The molecule has 0 aromatic heterocycles. The van der Waals surface area contributed by atoms with E-state index in [9.17, 15) is 0 Å². The topological polar surface area (TPSA) is 26.0 Å². The standard InChI is InChI=1S/C10H15N/c1-3-10-6-9(7-11)5-4-8(10)2/h4-6H,3,7,11H2,1-2H3. The van der Waals surface area contributed by atoms with E-state index >= 15 is 0 Å². The summed E-state index contributed by atoms with van der Waals surface area (Å²) in [6, 6.07) is 6.42. The van der Waals surface area contributed by atoms with Gasteiger partial charge in [0.1, 0.15) is 0 Å². The Bertz CT molecular complexity index is 241. The molecular formula is C10H15N. The molecule has 0 radical (unpaired) electrons. The SMILES string of the molecule is CCc1cc(CN)ccc1C. The molecule has 0 aliphatic carbocycles. The molecule has 1 nitrogen and oxygen atoms in total. The van der Waals surface area contributed by atoms with E-state index in [2.05, 4.69) is 32.0 Å². The largest absolute Gasteiger partial charge is 0.326 e. The number of benzene rings is 1. The molecule has 60 valence electrons. The quantitative estimate of drug-likeness (QED) is 0.684. The molecule has 0 fully saturated rings. The minimum Gasteiger partial charge on any atom is -0.326 e. The van der Waals surface area contributed by atoms with Crippen molar-refractivity contribution in [3.63, 3.8) is 0 Å². The van der Waals surface area contributed by atoms with Gasteiger partial charge in [0.15, 0.2) is 0 Å². The Morgan fingerprint density at radius 1 is 1.36 bits per heavy atom. The van der Waals surface area contributed by atoms with Crippen LogP contribution in [0.15, 0.2) is 18.2 Å². The fourth-order valence-electron chi connectivity index (χ4n) is 1.23. The zero-order valence-corrected chi connectivity index (χ0v) is 7.22. The Labute approximate surface area is 68.2 Å². The Morgan fingerprint density at radius 2 is 2.09 bits per heavy atom. The molecule has 1 heteroatoms. The molecule has 1 aromatic carbocycles. The second-order valence-electron chi connectivity index (χ2n) is 2.82. The molecule has 0 spiro atoms. The van der Waals surface area contributed by atoms with Crippen LogP contribution in [0, 0.1) is 6.92 Å². The molecule has 0 saturated carbocycles. The maximum Gasteiger partial charge on any atom is 0.0178 e. The van der Waals surface area contributed by atoms with Gasteiger partial charge in [0.05, 0.1) is 0 Å². The van der Waals surface area contributed by atoms with Gasteiger partial charge in [0, 0.05) is 6.54 Å². The van der Waals surface area contributed by atoms with Crippen LogP contribution < -0.4 is 5.73 Å². The van der Waals surface area contributed by atoms with Gasteiger partial charge in [-0.25, -0.2) is 0 Å². The van der Waals surface area contributed by atoms with Gasteiger partial charge < -0.3 is 5.73 Å². The molecular weight excluding hydrogens is 134 g/mol. The van der Waals surface area contributed by atoms with Crippen LogP contribution in [0.1, 0.15) is 23.6 Å². The summed E-state index contributed by atoms with van der Waals surface area (Å²) in [6.07, 6.45) is 1.10. The summed E-state index contributed by atoms with van der Waals surface area (Å²) in [4.78, 5) is 0. The van der Waals surface area contributed by atoms with E-state index in [1.165, 1.54) is 16.7 Å². The van der Waals surface area contributed by atoms with Crippen molar-refractivity contribution in [2.24, 2.45) is 5.73 Å². The van der Waals surface area contributed by atoms with Gasteiger partial charge in [-0.05, 0) is 30.0 Å². The predicted molar refractivity (Wildman–Crippen MR) is 48.4 cm³/mol. The van der Waals surface area contributed by atoms with E-state index in [1.807, 2.05) is 0 Å². The lowest BCUT2D eigenvalue weighted by molar-refractivity contribution is 1.03. The molecule has 0 unspecified atom stereocenters. The number of nitrogens with two attached hydrogens (primary N) is 1. The molecule has 0 saturated heterocycles. The molecule has 0 amide bonds. The number of hydrogen-bond donors (Lipinski definition) is 1. The van der Waals surface area contributed by atoms with E-state index < -0.39 is 0 Å². The first-order valence-electron chi connectivity index (χ1n) is 4.06. The first-order valence-corrected chi connectivity index (χ1v) is 4.06. The molecule has 0 bridgehead atoms. The molecule has 0 aliphatic heterocycles. The third kappa shape index (κ3) is 1.81. The van der Waals surface area contributed by atoms with Crippen LogP contribution in [0.4, 0.5) is 0 Å². The average Bonchev–Trinajstić information content (AvgIpc) is 2.05. The summed E-state index contributed by atoms with van der Waals surface area (Å²) in [5, 5.41) is 0. The van der Waals surface area contributed by atoms with Crippen LogP contribution in [0.3, 0.4) is 0 Å². The first-order chi connectivity index (χ1) is 5.27. The Morgan fingerprint density at radius 3 is 2.64 bits per heavy atom.